The highest BCUT2D eigenvalue weighted by Crippen LogP contribution is 2.30. The molecule has 1 aliphatic rings. The number of benzene rings is 4. The minimum absolute atomic E-state index is 0. The molecule has 11 heteroatoms. The van der Waals surface area contributed by atoms with E-state index < -0.39 is 5.82 Å². The zero-order chi connectivity index (χ0) is 36.5. The van der Waals surface area contributed by atoms with E-state index >= 15 is 0 Å². The number of carbonyl (C=O) groups is 1. The van der Waals surface area contributed by atoms with Gasteiger partial charge < -0.3 is 19.1 Å². The van der Waals surface area contributed by atoms with E-state index in [0.717, 1.165) is 48.5 Å². The van der Waals surface area contributed by atoms with Crippen LogP contribution in [0.25, 0.3) is 6.08 Å². The van der Waals surface area contributed by atoms with E-state index in [9.17, 15) is 9.18 Å². The third-order valence-electron chi connectivity index (χ3n) is 8.81. The SMILES string of the molecule is Cc1cc(/C=C/C(=O)N2CCN(Cc3ccc(CCOc4ccc(Cl)cc4)cc3)CC2)cc(C)c1Oc1ccc(OCc2ccc(F)cc2Cl)cn1.Cl. The van der Waals surface area contributed by atoms with Crippen molar-refractivity contribution < 1.29 is 23.4 Å². The van der Waals surface area contributed by atoms with Gasteiger partial charge in [-0.25, -0.2) is 9.37 Å². The molecule has 0 unspecified atom stereocenters. The fourth-order valence-corrected chi connectivity index (χ4v) is 6.29. The lowest BCUT2D eigenvalue weighted by Crippen LogP contribution is -2.47. The van der Waals surface area contributed by atoms with Gasteiger partial charge in [0.2, 0.25) is 11.8 Å². The fraction of sp³-hybridized carbons (Fsp3) is 0.238. The van der Waals surface area contributed by atoms with Gasteiger partial charge in [0.1, 0.15) is 29.7 Å². The summed E-state index contributed by atoms with van der Waals surface area (Å²) in [5.74, 6) is 2.09. The molecule has 0 spiro atoms. The second kappa shape index (κ2) is 18.9. The standard InChI is InChI=1S/C42H40Cl2FN3O4.ClH/c1-29-23-33(24-30(2)42(29)52-40-15-14-38(26-46-40)51-28-34-8-11-36(45)25-39(34)44)7-16-41(49)48-20-18-47(19-21-48)27-32-5-3-31(4-6-32)17-22-50-37-12-9-35(43)10-13-37;/h3-16,23-26H,17-22,27-28H2,1-2H3;1H/b16-7+;. The molecule has 53 heavy (non-hydrogen) atoms. The Morgan fingerprint density at radius 3 is 2.17 bits per heavy atom. The number of ether oxygens (including phenoxy) is 3. The molecule has 0 aliphatic carbocycles. The number of aryl methyl sites for hydroxylation is 2. The molecule has 1 aromatic heterocycles. The van der Waals surface area contributed by atoms with E-state index in [2.05, 4.69) is 34.1 Å². The molecule has 4 aromatic carbocycles. The molecule has 0 N–H and O–H groups in total. The Hall–Kier alpha value is -4.60. The Labute approximate surface area is 326 Å². The number of carbonyl (C=O) groups excluding carboxylic acids is 1. The van der Waals surface area contributed by atoms with E-state index in [1.54, 1.807) is 30.5 Å². The van der Waals surface area contributed by atoms with Crippen molar-refractivity contribution in [2.75, 3.05) is 32.8 Å². The number of hydrogen-bond acceptors (Lipinski definition) is 6. The van der Waals surface area contributed by atoms with Crippen molar-refractivity contribution in [1.29, 1.82) is 0 Å². The number of piperazine rings is 1. The van der Waals surface area contributed by atoms with Crippen LogP contribution in [0.5, 0.6) is 23.1 Å². The average Bonchev–Trinajstić information content (AvgIpc) is 3.14. The fourth-order valence-electron chi connectivity index (χ4n) is 5.94. The Morgan fingerprint density at radius 1 is 0.830 bits per heavy atom. The van der Waals surface area contributed by atoms with Gasteiger partial charge in [-0.3, -0.25) is 9.69 Å². The maximum Gasteiger partial charge on any atom is 0.246 e. The van der Waals surface area contributed by atoms with Crippen molar-refractivity contribution in [2.24, 2.45) is 0 Å². The van der Waals surface area contributed by atoms with Gasteiger partial charge >= 0.3 is 0 Å². The lowest BCUT2D eigenvalue weighted by atomic mass is 10.1. The van der Waals surface area contributed by atoms with Crippen molar-refractivity contribution in [3.05, 3.63) is 153 Å². The summed E-state index contributed by atoms with van der Waals surface area (Å²) < 4.78 is 31.0. The Balaban J connectivity index is 0.00000541. The molecule has 7 nitrogen and oxygen atoms in total. The summed E-state index contributed by atoms with van der Waals surface area (Å²) >= 11 is 12.0. The second-order valence-corrected chi connectivity index (χ2v) is 13.6. The first-order valence-electron chi connectivity index (χ1n) is 17.2. The molecule has 2 heterocycles. The van der Waals surface area contributed by atoms with E-state index in [4.69, 9.17) is 37.4 Å². The number of hydrogen-bond donors (Lipinski definition) is 0. The largest absolute Gasteiger partial charge is 0.493 e. The third-order valence-corrected chi connectivity index (χ3v) is 9.42. The van der Waals surface area contributed by atoms with E-state index in [-0.39, 0.29) is 24.9 Å². The van der Waals surface area contributed by atoms with Gasteiger partial charge in [-0.2, -0.15) is 0 Å². The lowest BCUT2D eigenvalue weighted by Gasteiger charge is -2.34. The molecule has 0 saturated carbocycles. The maximum atomic E-state index is 13.3. The molecule has 0 bridgehead atoms. The van der Waals surface area contributed by atoms with Crippen molar-refractivity contribution in [2.45, 2.75) is 33.4 Å². The van der Waals surface area contributed by atoms with Crippen molar-refractivity contribution >= 4 is 47.6 Å². The van der Waals surface area contributed by atoms with Crippen LogP contribution in [0.2, 0.25) is 10.0 Å². The molecular weight excluding hydrogens is 736 g/mol. The summed E-state index contributed by atoms with van der Waals surface area (Å²) in [4.78, 5) is 21.7. The van der Waals surface area contributed by atoms with Gasteiger partial charge in [0, 0.05) is 61.9 Å². The predicted molar refractivity (Wildman–Crippen MR) is 211 cm³/mol. The summed E-state index contributed by atoms with van der Waals surface area (Å²) in [7, 11) is 0. The van der Waals surface area contributed by atoms with Gasteiger partial charge in [0.25, 0.3) is 0 Å². The maximum absolute atomic E-state index is 13.3. The number of halogens is 4. The number of amides is 1. The van der Waals surface area contributed by atoms with Crippen LogP contribution < -0.4 is 14.2 Å². The van der Waals surface area contributed by atoms with Crippen LogP contribution >= 0.6 is 35.6 Å². The molecule has 6 rings (SSSR count). The van der Waals surface area contributed by atoms with Crippen LogP contribution in [0, 0.1) is 19.7 Å². The van der Waals surface area contributed by atoms with Gasteiger partial charge in [0.05, 0.1) is 17.8 Å². The summed E-state index contributed by atoms with van der Waals surface area (Å²) in [6, 6.07) is 27.7. The first kappa shape index (κ1) is 39.6. The molecule has 1 fully saturated rings. The second-order valence-electron chi connectivity index (χ2n) is 12.7. The minimum atomic E-state index is -0.394. The van der Waals surface area contributed by atoms with Gasteiger partial charge in [-0.1, -0.05) is 53.5 Å². The molecule has 1 saturated heterocycles. The van der Waals surface area contributed by atoms with E-state index in [0.29, 0.717) is 52.7 Å². The number of rotatable bonds is 13. The molecule has 5 aromatic rings. The molecule has 276 valence electrons. The van der Waals surface area contributed by atoms with E-state index in [1.807, 2.05) is 61.2 Å². The van der Waals surface area contributed by atoms with Crippen molar-refractivity contribution in [3.8, 4) is 23.1 Å². The van der Waals surface area contributed by atoms with Crippen LogP contribution in [-0.2, 0) is 24.4 Å². The van der Waals surface area contributed by atoms with Crippen molar-refractivity contribution in [3.63, 3.8) is 0 Å². The number of aromatic nitrogens is 1. The molecule has 1 aliphatic heterocycles. The van der Waals surface area contributed by atoms with Crippen LogP contribution in [0.4, 0.5) is 4.39 Å². The lowest BCUT2D eigenvalue weighted by molar-refractivity contribution is -0.127. The topological polar surface area (TPSA) is 64.1 Å². The number of pyridine rings is 1. The van der Waals surface area contributed by atoms with Gasteiger partial charge in [-0.15, -0.1) is 12.4 Å². The summed E-state index contributed by atoms with van der Waals surface area (Å²) in [6.07, 6.45) is 5.91. The number of nitrogens with zero attached hydrogens (tertiary/aromatic N) is 3. The highest BCUT2D eigenvalue weighted by atomic mass is 35.5. The Kier molecular flexibility index (Phi) is 14.2. The summed E-state index contributed by atoms with van der Waals surface area (Å²) in [6.45, 7) is 8.60. The average molecular weight is 777 g/mol. The smallest absolute Gasteiger partial charge is 0.246 e. The van der Waals surface area contributed by atoms with Gasteiger partial charge in [-0.05, 0) is 102 Å². The molecular formula is C42H41Cl3FN3O4. The summed E-state index contributed by atoms with van der Waals surface area (Å²) in [5, 5.41) is 1.01. The van der Waals surface area contributed by atoms with Crippen LogP contribution in [0.3, 0.4) is 0 Å². The quantitative estimate of drug-likeness (QED) is 0.111. The third kappa shape index (κ3) is 11.4. The van der Waals surface area contributed by atoms with Crippen LogP contribution in [0.15, 0.2) is 103 Å². The van der Waals surface area contributed by atoms with Crippen LogP contribution in [0.1, 0.15) is 33.4 Å². The Bertz CT molecular complexity index is 1980. The molecule has 1 amide bonds. The van der Waals surface area contributed by atoms with Gasteiger partial charge in [0.15, 0.2) is 0 Å². The predicted octanol–water partition coefficient (Wildman–Crippen LogP) is 9.92. The summed E-state index contributed by atoms with van der Waals surface area (Å²) in [5.41, 5.74) is 5.93. The highest BCUT2D eigenvalue weighted by Gasteiger charge is 2.20. The molecule has 0 atom stereocenters. The molecule has 0 radical (unpaired) electrons. The monoisotopic (exact) mass is 775 g/mol. The first-order valence-corrected chi connectivity index (χ1v) is 17.9. The normalized spacial score (nSPS) is 13.1. The zero-order valence-corrected chi connectivity index (χ0v) is 31.9. The van der Waals surface area contributed by atoms with Crippen LogP contribution in [-0.4, -0.2) is 53.5 Å². The Morgan fingerprint density at radius 2 is 1.51 bits per heavy atom. The zero-order valence-electron chi connectivity index (χ0n) is 29.6. The van der Waals surface area contributed by atoms with Crippen molar-refractivity contribution in [1.82, 2.24) is 14.8 Å². The first-order chi connectivity index (χ1) is 25.2. The van der Waals surface area contributed by atoms with E-state index in [1.165, 1.54) is 23.3 Å². The highest BCUT2D eigenvalue weighted by molar-refractivity contribution is 6.31. The minimum Gasteiger partial charge on any atom is -0.493 e.